The molecule has 1 amide bonds. The van der Waals surface area contributed by atoms with Crippen molar-refractivity contribution >= 4 is 17.5 Å². The van der Waals surface area contributed by atoms with Gasteiger partial charge in [-0.2, -0.15) is 0 Å². The molecule has 0 spiro atoms. The minimum Gasteiger partial charge on any atom is -0.494 e. The van der Waals surface area contributed by atoms with E-state index in [1.54, 1.807) is 0 Å². The van der Waals surface area contributed by atoms with E-state index in [1.165, 1.54) is 0 Å². The van der Waals surface area contributed by atoms with Gasteiger partial charge in [-0.25, -0.2) is 0 Å². The molecule has 1 aliphatic rings. The van der Waals surface area contributed by atoms with Gasteiger partial charge in [0.15, 0.2) is 0 Å². The van der Waals surface area contributed by atoms with E-state index in [2.05, 4.69) is 24.1 Å². The first kappa shape index (κ1) is 21.0. The van der Waals surface area contributed by atoms with Gasteiger partial charge in [0.2, 0.25) is 5.91 Å². The molecule has 1 fully saturated rings. The Morgan fingerprint density at radius 3 is 2.73 bits per heavy atom. The Bertz CT molecular complexity index is 574. The van der Waals surface area contributed by atoms with Crippen LogP contribution in [0, 0.1) is 12.8 Å². The maximum Gasteiger partial charge on any atom is 0.220 e. The number of aryl methyl sites for hydroxylation is 1. The van der Waals surface area contributed by atoms with Crippen LogP contribution < -0.4 is 10.1 Å². The SMILES string of the molecule is Cc1cc(OCCCC(=O)NCC(C(C)C)N2CCOCC2)ccc1Cl. The van der Waals surface area contributed by atoms with Crippen molar-refractivity contribution in [2.75, 3.05) is 39.5 Å². The molecule has 26 heavy (non-hydrogen) atoms. The smallest absolute Gasteiger partial charge is 0.220 e. The molecular weight excluding hydrogens is 352 g/mol. The van der Waals surface area contributed by atoms with Crippen molar-refractivity contribution in [3.05, 3.63) is 28.8 Å². The summed E-state index contributed by atoms with van der Waals surface area (Å²) in [6.07, 6.45) is 1.16. The van der Waals surface area contributed by atoms with Crippen LogP contribution in [0.15, 0.2) is 18.2 Å². The summed E-state index contributed by atoms with van der Waals surface area (Å²) in [6.45, 7) is 11.0. The Kier molecular flexibility index (Phi) is 8.69. The van der Waals surface area contributed by atoms with Crippen LogP contribution in [-0.4, -0.2) is 56.3 Å². The number of hydrogen-bond acceptors (Lipinski definition) is 4. The second kappa shape index (κ2) is 10.8. The van der Waals surface area contributed by atoms with E-state index in [9.17, 15) is 4.79 Å². The minimum atomic E-state index is 0.0831. The summed E-state index contributed by atoms with van der Waals surface area (Å²) < 4.78 is 11.1. The maximum atomic E-state index is 12.1. The van der Waals surface area contributed by atoms with Gasteiger partial charge in [-0.15, -0.1) is 0 Å². The molecule has 1 heterocycles. The Morgan fingerprint density at radius 2 is 2.08 bits per heavy atom. The molecule has 1 saturated heterocycles. The third kappa shape index (κ3) is 6.78. The summed E-state index contributed by atoms with van der Waals surface area (Å²) in [4.78, 5) is 14.6. The molecule has 0 bridgehead atoms. The van der Waals surface area contributed by atoms with E-state index in [0.29, 0.717) is 38.0 Å². The highest BCUT2D eigenvalue weighted by molar-refractivity contribution is 6.31. The lowest BCUT2D eigenvalue weighted by Crippen LogP contribution is -2.51. The standard InChI is InChI=1S/C20H31ClN2O3/c1-15(2)19(23-8-11-25-12-9-23)14-22-20(24)5-4-10-26-17-6-7-18(21)16(3)13-17/h6-7,13,15,19H,4-5,8-12,14H2,1-3H3,(H,22,24). The number of nitrogens with one attached hydrogen (secondary N) is 1. The fourth-order valence-corrected chi connectivity index (χ4v) is 3.25. The summed E-state index contributed by atoms with van der Waals surface area (Å²) >= 11 is 6.00. The van der Waals surface area contributed by atoms with E-state index in [0.717, 1.165) is 42.6 Å². The van der Waals surface area contributed by atoms with Crippen LogP contribution in [0.5, 0.6) is 5.75 Å². The summed E-state index contributed by atoms with van der Waals surface area (Å²) in [5.74, 6) is 1.36. The number of hydrogen-bond donors (Lipinski definition) is 1. The summed E-state index contributed by atoms with van der Waals surface area (Å²) in [5.41, 5.74) is 0.991. The van der Waals surface area contributed by atoms with Crippen LogP contribution in [0.4, 0.5) is 0 Å². The van der Waals surface area contributed by atoms with Gasteiger partial charge in [-0.3, -0.25) is 9.69 Å². The molecule has 1 aliphatic heterocycles. The highest BCUT2D eigenvalue weighted by Gasteiger charge is 2.24. The van der Waals surface area contributed by atoms with Gasteiger partial charge in [0.1, 0.15) is 5.75 Å². The first-order valence-electron chi connectivity index (χ1n) is 9.45. The Hall–Kier alpha value is -1.30. The molecule has 0 aromatic heterocycles. The van der Waals surface area contributed by atoms with Crippen molar-refractivity contribution < 1.29 is 14.3 Å². The normalized spacial score (nSPS) is 16.5. The van der Waals surface area contributed by atoms with Crippen LogP contribution >= 0.6 is 11.6 Å². The van der Waals surface area contributed by atoms with Crippen LogP contribution in [0.1, 0.15) is 32.3 Å². The Balaban J connectivity index is 1.66. The summed E-state index contributed by atoms with van der Waals surface area (Å²) in [5, 5.41) is 3.82. The van der Waals surface area contributed by atoms with Crippen molar-refractivity contribution in [2.24, 2.45) is 5.92 Å². The molecular formula is C20H31ClN2O3. The molecule has 5 nitrogen and oxygen atoms in total. The van der Waals surface area contributed by atoms with Crippen LogP contribution in [0.2, 0.25) is 5.02 Å². The van der Waals surface area contributed by atoms with E-state index in [-0.39, 0.29) is 5.91 Å². The molecule has 146 valence electrons. The molecule has 1 unspecified atom stereocenters. The molecule has 1 aromatic rings. The van der Waals surface area contributed by atoms with E-state index >= 15 is 0 Å². The number of amides is 1. The third-order valence-electron chi connectivity index (χ3n) is 4.74. The molecule has 1 atom stereocenters. The topological polar surface area (TPSA) is 50.8 Å². The summed E-state index contributed by atoms with van der Waals surface area (Å²) in [7, 11) is 0. The number of ether oxygens (including phenoxy) is 2. The second-order valence-corrected chi connectivity index (χ2v) is 7.53. The average molecular weight is 383 g/mol. The monoisotopic (exact) mass is 382 g/mol. The predicted octanol–water partition coefficient (Wildman–Crippen LogP) is 3.28. The molecule has 0 radical (unpaired) electrons. The van der Waals surface area contributed by atoms with E-state index in [1.807, 2.05) is 25.1 Å². The zero-order valence-electron chi connectivity index (χ0n) is 16.1. The highest BCUT2D eigenvalue weighted by atomic mass is 35.5. The third-order valence-corrected chi connectivity index (χ3v) is 5.16. The molecule has 2 rings (SSSR count). The number of carbonyl (C=O) groups is 1. The minimum absolute atomic E-state index is 0.0831. The van der Waals surface area contributed by atoms with Crippen molar-refractivity contribution in [1.29, 1.82) is 0 Å². The largest absolute Gasteiger partial charge is 0.494 e. The lowest BCUT2D eigenvalue weighted by Gasteiger charge is -2.36. The molecule has 1 N–H and O–H groups in total. The van der Waals surface area contributed by atoms with Gasteiger partial charge in [-0.05, 0) is 43.0 Å². The molecule has 0 saturated carbocycles. The number of benzene rings is 1. The number of morpholine rings is 1. The van der Waals surface area contributed by atoms with Crippen LogP contribution in [-0.2, 0) is 9.53 Å². The lowest BCUT2D eigenvalue weighted by atomic mass is 10.0. The maximum absolute atomic E-state index is 12.1. The van der Waals surface area contributed by atoms with Crippen LogP contribution in [0.25, 0.3) is 0 Å². The molecule has 0 aliphatic carbocycles. The van der Waals surface area contributed by atoms with Gasteiger partial charge in [-0.1, -0.05) is 25.4 Å². The first-order chi connectivity index (χ1) is 12.5. The van der Waals surface area contributed by atoms with Crippen LogP contribution in [0.3, 0.4) is 0 Å². The zero-order valence-corrected chi connectivity index (χ0v) is 16.8. The lowest BCUT2D eigenvalue weighted by molar-refractivity contribution is -0.121. The van der Waals surface area contributed by atoms with Gasteiger partial charge < -0.3 is 14.8 Å². The van der Waals surface area contributed by atoms with E-state index in [4.69, 9.17) is 21.1 Å². The van der Waals surface area contributed by atoms with Crippen molar-refractivity contribution in [3.8, 4) is 5.75 Å². The molecule has 1 aromatic carbocycles. The number of rotatable bonds is 9. The average Bonchev–Trinajstić information content (AvgIpc) is 2.62. The number of halogens is 1. The second-order valence-electron chi connectivity index (χ2n) is 7.13. The van der Waals surface area contributed by atoms with Gasteiger partial charge in [0.25, 0.3) is 0 Å². The summed E-state index contributed by atoms with van der Waals surface area (Å²) in [6, 6.07) is 5.95. The predicted molar refractivity (Wildman–Crippen MR) is 105 cm³/mol. The zero-order chi connectivity index (χ0) is 18.9. The fourth-order valence-electron chi connectivity index (χ4n) is 3.13. The van der Waals surface area contributed by atoms with Crippen molar-refractivity contribution in [1.82, 2.24) is 10.2 Å². The van der Waals surface area contributed by atoms with E-state index < -0.39 is 0 Å². The van der Waals surface area contributed by atoms with Gasteiger partial charge in [0, 0.05) is 37.1 Å². The number of nitrogens with zero attached hydrogens (tertiary/aromatic N) is 1. The first-order valence-corrected chi connectivity index (χ1v) is 9.82. The quantitative estimate of drug-likeness (QED) is 0.666. The molecule has 6 heteroatoms. The van der Waals surface area contributed by atoms with Crippen molar-refractivity contribution in [3.63, 3.8) is 0 Å². The number of carbonyl (C=O) groups excluding carboxylic acids is 1. The van der Waals surface area contributed by atoms with Crippen molar-refractivity contribution in [2.45, 2.75) is 39.7 Å². The highest BCUT2D eigenvalue weighted by Crippen LogP contribution is 2.21. The Labute approximate surface area is 162 Å². The fraction of sp³-hybridized carbons (Fsp3) is 0.650. The van der Waals surface area contributed by atoms with Gasteiger partial charge in [0.05, 0.1) is 19.8 Å². The van der Waals surface area contributed by atoms with Gasteiger partial charge >= 0.3 is 0 Å². The Morgan fingerprint density at radius 1 is 1.35 bits per heavy atom.